The van der Waals surface area contributed by atoms with Crippen molar-refractivity contribution in [2.75, 3.05) is 18.1 Å². The second kappa shape index (κ2) is 5.87. The molecule has 0 aliphatic carbocycles. The molecule has 19 heavy (non-hydrogen) atoms. The third-order valence-corrected chi connectivity index (χ3v) is 3.96. The van der Waals surface area contributed by atoms with E-state index in [1.165, 1.54) is 5.56 Å². The largest absolute Gasteiger partial charge is 0.444 e. The lowest BCUT2D eigenvalue weighted by Crippen LogP contribution is -2.43. The molecule has 1 saturated heterocycles. The van der Waals surface area contributed by atoms with Crippen LogP contribution < -0.4 is 0 Å². The number of benzene rings is 1. The van der Waals surface area contributed by atoms with E-state index in [0.29, 0.717) is 0 Å². The van der Waals surface area contributed by atoms with E-state index in [-0.39, 0.29) is 12.1 Å². The monoisotopic (exact) mass is 279 g/mol. The highest BCUT2D eigenvalue weighted by molar-refractivity contribution is 7.99. The first-order valence-electron chi connectivity index (χ1n) is 6.60. The van der Waals surface area contributed by atoms with Gasteiger partial charge in [-0.1, -0.05) is 30.3 Å². The molecule has 0 spiro atoms. The summed E-state index contributed by atoms with van der Waals surface area (Å²) in [6.45, 7) is 6.46. The maximum absolute atomic E-state index is 12.3. The molecule has 1 aromatic carbocycles. The lowest BCUT2D eigenvalue weighted by atomic mass is 10.1. The van der Waals surface area contributed by atoms with Crippen molar-refractivity contribution in [3.05, 3.63) is 35.9 Å². The Morgan fingerprint density at radius 2 is 2.00 bits per heavy atom. The zero-order chi connectivity index (χ0) is 13.9. The molecule has 0 bridgehead atoms. The Labute approximate surface area is 119 Å². The molecule has 1 fully saturated rings. The molecule has 1 aliphatic rings. The minimum Gasteiger partial charge on any atom is -0.444 e. The molecule has 2 rings (SSSR count). The summed E-state index contributed by atoms with van der Waals surface area (Å²) in [5.41, 5.74) is 0.740. The minimum absolute atomic E-state index is 0.120. The Bertz CT molecular complexity index is 428. The van der Waals surface area contributed by atoms with Crippen molar-refractivity contribution in [2.45, 2.75) is 32.4 Å². The van der Waals surface area contributed by atoms with E-state index < -0.39 is 5.60 Å². The second-order valence-electron chi connectivity index (χ2n) is 5.68. The number of hydrogen-bond acceptors (Lipinski definition) is 3. The smallest absolute Gasteiger partial charge is 0.410 e. The van der Waals surface area contributed by atoms with Crippen LogP contribution in [0.3, 0.4) is 0 Å². The summed E-state index contributed by atoms with van der Waals surface area (Å²) >= 11 is 1.89. The van der Waals surface area contributed by atoms with E-state index in [1.807, 2.05) is 55.6 Å². The van der Waals surface area contributed by atoms with Crippen LogP contribution in [0.15, 0.2) is 30.3 Å². The predicted octanol–water partition coefficient (Wildman–Crippen LogP) is 3.71. The summed E-state index contributed by atoms with van der Waals surface area (Å²) in [5, 5.41) is 0. The second-order valence-corrected chi connectivity index (χ2v) is 6.82. The van der Waals surface area contributed by atoms with Crippen molar-refractivity contribution in [3.63, 3.8) is 0 Å². The molecule has 0 saturated carbocycles. The molecule has 104 valence electrons. The van der Waals surface area contributed by atoms with E-state index in [1.54, 1.807) is 0 Å². The highest BCUT2D eigenvalue weighted by Gasteiger charge is 2.31. The zero-order valence-electron chi connectivity index (χ0n) is 11.8. The van der Waals surface area contributed by atoms with E-state index >= 15 is 0 Å². The third-order valence-electron chi connectivity index (χ3n) is 2.94. The number of hydrogen-bond donors (Lipinski definition) is 0. The quantitative estimate of drug-likeness (QED) is 0.785. The molecule has 1 aromatic rings. The van der Waals surface area contributed by atoms with E-state index in [4.69, 9.17) is 4.74 Å². The maximum Gasteiger partial charge on any atom is 0.410 e. The van der Waals surface area contributed by atoms with Gasteiger partial charge in [0.15, 0.2) is 0 Å². The highest BCUT2D eigenvalue weighted by atomic mass is 32.2. The van der Waals surface area contributed by atoms with Crippen LogP contribution in [0.2, 0.25) is 0 Å². The van der Waals surface area contributed by atoms with Crippen LogP contribution in [-0.4, -0.2) is 34.6 Å². The fourth-order valence-electron chi connectivity index (χ4n) is 2.09. The first-order valence-corrected chi connectivity index (χ1v) is 7.75. The Kier molecular flexibility index (Phi) is 4.40. The van der Waals surface area contributed by atoms with Crippen molar-refractivity contribution < 1.29 is 9.53 Å². The summed E-state index contributed by atoms with van der Waals surface area (Å²) in [6.07, 6.45) is -0.207. The molecule has 0 aromatic heterocycles. The number of carbonyl (C=O) groups is 1. The van der Waals surface area contributed by atoms with Crippen LogP contribution >= 0.6 is 11.8 Å². The molecule has 1 amide bonds. The van der Waals surface area contributed by atoms with Crippen molar-refractivity contribution >= 4 is 17.9 Å². The summed E-state index contributed by atoms with van der Waals surface area (Å²) in [7, 11) is 0. The van der Waals surface area contributed by atoms with Gasteiger partial charge in [0.2, 0.25) is 0 Å². The van der Waals surface area contributed by atoms with Gasteiger partial charge < -0.3 is 4.74 Å². The molecular weight excluding hydrogens is 258 g/mol. The summed E-state index contributed by atoms with van der Waals surface area (Å²) in [6, 6.07) is 10.3. The lowest BCUT2D eigenvalue weighted by Gasteiger charge is -2.36. The van der Waals surface area contributed by atoms with Gasteiger partial charge in [0, 0.05) is 18.1 Å². The van der Waals surface area contributed by atoms with Crippen LogP contribution in [0, 0.1) is 0 Å². The normalized spacial score (nSPS) is 20.2. The van der Waals surface area contributed by atoms with Crippen molar-refractivity contribution in [3.8, 4) is 0 Å². The third kappa shape index (κ3) is 3.90. The predicted molar refractivity (Wildman–Crippen MR) is 79.4 cm³/mol. The molecule has 1 heterocycles. The minimum atomic E-state index is -0.442. The van der Waals surface area contributed by atoms with Crippen LogP contribution in [0.5, 0.6) is 0 Å². The first-order chi connectivity index (χ1) is 8.97. The first kappa shape index (κ1) is 14.3. The molecule has 0 radical (unpaired) electrons. The number of ether oxygens (including phenoxy) is 1. The molecule has 1 aliphatic heterocycles. The Balaban J connectivity index is 2.15. The number of rotatable bonds is 1. The van der Waals surface area contributed by atoms with Gasteiger partial charge in [-0.3, -0.25) is 4.90 Å². The molecule has 1 atom stereocenters. The number of carbonyl (C=O) groups excluding carboxylic acids is 1. The van der Waals surface area contributed by atoms with Gasteiger partial charge >= 0.3 is 6.09 Å². The number of thioether (sulfide) groups is 1. The van der Waals surface area contributed by atoms with Gasteiger partial charge in [0.05, 0.1) is 6.04 Å². The van der Waals surface area contributed by atoms with Crippen LogP contribution in [0.1, 0.15) is 32.4 Å². The van der Waals surface area contributed by atoms with Gasteiger partial charge in [-0.25, -0.2) is 4.79 Å². The van der Waals surface area contributed by atoms with Crippen molar-refractivity contribution in [2.24, 2.45) is 0 Å². The molecule has 4 heteroatoms. The van der Waals surface area contributed by atoms with Gasteiger partial charge in [-0.05, 0) is 26.3 Å². The Morgan fingerprint density at radius 1 is 1.32 bits per heavy atom. The Hall–Kier alpha value is -1.16. The fraction of sp³-hybridized carbons (Fsp3) is 0.533. The van der Waals surface area contributed by atoms with Gasteiger partial charge in [-0.2, -0.15) is 11.8 Å². The van der Waals surface area contributed by atoms with E-state index in [9.17, 15) is 4.79 Å². The van der Waals surface area contributed by atoms with Crippen molar-refractivity contribution in [1.82, 2.24) is 4.90 Å². The summed E-state index contributed by atoms with van der Waals surface area (Å²) in [5.74, 6) is 1.91. The van der Waals surface area contributed by atoms with Crippen LogP contribution in [0.4, 0.5) is 4.79 Å². The standard InChI is InChI=1S/C15H21NO2S/c1-15(2,3)18-14(17)16-9-10-19-11-13(16)12-7-5-4-6-8-12/h4-8,13H,9-11H2,1-3H3/t13-/m1/s1. The Morgan fingerprint density at radius 3 is 2.63 bits per heavy atom. The summed E-state index contributed by atoms with van der Waals surface area (Å²) < 4.78 is 5.51. The lowest BCUT2D eigenvalue weighted by molar-refractivity contribution is 0.0185. The summed E-state index contributed by atoms with van der Waals surface area (Å²) in [4.78, 5) is 14.2. The average molecular weight is 279 g/mol. The van der Waals surface area contributed by atoms with Crippen LogP contribution in [0.25, 0.3) is 0 Å². The van der Waals surface area contributed by atoms with E-state index in [2.05, 4.69) is 12.1 Å². The molecule has 0 N–H and O–H groups in total. The van der Waals surface area contributed by atoms with Crippen LogP contribution in [-0.2, 0) is 4.74 Å². The zero-order valence-corrected chi connectivity index (χ0v) is 12.6. The SMILES string of the molecule is CC(C)(C)OC(=O)N1CCSC[C@@H]1c1ccccc1. The van der Waals surface area contributed by atoms with Gasteiger partial charge in [-0.15, -0.1) is 0 Å². The maximum atomic E-state index is 12.3. The van der Waals surface area contributed by atoms with E-state index in [0.717, 1.165) is 18.1 Å². The average Bonchev–Trinajstić information content (AvgIpc) is 2.38. The number of nitrogens with zero attached hydrogens (tertiary/aromatic N) is 1. The van der Waals surface area contributed by atoms with Gasteiger partial charge in [0.25, 0.3) is 0 Å². The van der Waals surface area contributed by atoms with Gasteiger partial charge in [0.1, 0.15) is 5.60 Å². The molecule has 0 unspecified atom stereocenters. The number of amides is 1. The van der Waals surface area contributed by atoms with Crippen molar-refractivity contribution in [1.29, 1.82) is 0 Å². The topological polar surface area (TPSA) is 29.5 Å². The highest BCUT2D eigenvalue weighted by Crippen LogP contribution is 2.30. The fourth-order valence-corrected chi connectivity index (χ4v) is 3.18. The molecule has 3 nitrogen and oxygen atoms in total. The molecular formula is C15H21NO2S.